The van der Waals surface area contributed by atoms with E-state index in [4.69, 9.17) is 0 Å². The van der Waals surface area contributed by atoms with Crippen LogP contribution in [0.25, 0.3) is 10.2 Å². The van der Waals surface area contributed by atoms with Crippen LogP contribution in [0.4, 0.5) is 5.82 Å². The molecule has 2 aromatic rings. The summed E-state index contributed by atoms with van der Waals surface area (Å²) in [5, 5.41) is 13.7. The Balaban J connectivity index is 2.02. The Morgan fingerprint density at radius 1 is 1.38 bits per heavy atom. The van der Waals surface area contributed by atoms with Crippen LogP contribution in [-0.2, 0) is 6.42 Å². The van der Waals surface area contributed by atoms with Crippen molar-refractivity contribution in [2.75, 3.05) is 18.0 Å². The number of fused-ring (bicyclic) bond motifs is 1. The molecule has 3 heterocycles. The number of hydrogen-bond donors (Lipinski definition) is 1. The van der Waals surface area contributed by atoms with E-state index in [1.807, 2.05) is 13.8 Å². The average Bonchev–Trinajstić information content (AvgIpc) is 2.76. The van der Waals surface area contributed by atoms with Gasteiger partial charge in [0.1, 0.15) is 16.5 Å². The van der Waals surface area contributed by atoms with E-state index in [2.05, 4.69) is 34.1 Å². The minimum Gasteiger partial charge on any atom is -0.386 e. The molecule has 1 aliphatic rings. The van der Waals surface area contributed by atoms with Crippen LogP contribution in [0.1, 0.15) is 38.6 Å². The summed E-state index contributed by atoms with van der Waals surface area (Å²) in [5.41, 5.74) is 0.798. The number of aromatic nitrogens is 2. The lowest BCUT2D eigenvalue weighted by Crippen LogP contribution is -2.62. The number of aryl methyl sites for hydroxylation is 1. The van der Waals surface area contributed by atoms with E-state index >= 15 is 0 Å². The van der Waals surface area contributed by atoms with Crippen molar-refractivity contribution in [3.63, 3.8) is 0 Å². The first-order valence-electron chi connectivity index (χ1n) is 7.64. The molecule has 0 amide bonds. The molecule has 3 rings (SSSR count). The Kier molecular flexibility index (Phi) is 3.66. The van der Waals surface area contributed by atoms with Crippen molar-refractivity contribution in [1.82, 2.24) is 9.97 Å². The van der Waals surface area contributed by atoms with E-state index in [1.165, 1.54) is 10.9 Å². The maximum atomic E-state index is 10.3. The van der Waals surface area contributed by atoms with Crippen molar-refractivity contribution in [3.05, 3.63) is 16.8 Å². The highest BCUT2D eigenvalue weighted by molar-refractivity contribution is 7.17. The predicted molar refractivity (Wildman–Crippen MR) is 88.1 cm³/mol. The van der Waals surface area contributed by atoms with E-state index in [0.29, 0.717) is 19.0 Å². The molecule has 0 radical (unpaired) electrons. The van der Waals surface area contributed by atoms with Crippen LogP contribution in [-0.4, -0.2) is 33.8 Å². The zero-order valence-electron chi connectivity index (χ0n) is 13.2. The SMILES string of the molecule is CCC1(O)CN(c2nc(C)nc3scc(CC(C)C)c23)C1. The van der Waals surface area contributed by atoms with Crippen LogP contribution in [0.2, 0.25) is 0 Å². The van der Waals surface area contributed by atoms with Gasteiger partial charge in [0.25, 0.3) is 0 Å². The lowest BCUT2D eigenvalue weighted by Gasteiger charge is -2.47. The van der Waals surface area contributed by atoms with Crippen LogP contribution in [0.15, 0.2) is 5.38 Å². The van der Waals surface area contributed by atoms with Crippen LogP contribution in [0.3, 0.4) is 0 Å². The number of nitrogens with zero attached hydrogens (tertiary/aromatic N) is 3. The maximum absolute atomic E-state index is 10.3. The Labute approximate surface area is 129 Å². The molecular weight excluding hydrogens is 282 g/mol. The Hall–Kier alpha value is -1.20. The topological polar surface area (TPSA) is 49.2 Å². The molecule has 0 aromatic carbocycles. The first kappa shape index (κ1) is 14.7. The first-order chi connectivity index (χ1) is 9.92. The smallest absolute Gasteiger partial charge is 0.141 e. The van der Waals surface area contributed by atoms with E-state index in [1.54, 1.807) is 11.3 Å². The Morgan fingerprint density at radius 3 is 2.71 bits per heavy atom. The number of hydrogen-bond acceptors (Lipinski definition) is 5. The molecule has 4 nitrogen and oxygen atoms in total. The molecule has 0 saturated carbocycles. The highest BCUT2D eigenvalue weighted by Crippen LogP contribution is 2.37. The highest BCUT2D eigenvalue weighted by Gasteiger charge is 2.41. The molecule has 2 aromatic heterocycles. The summed E-state index contributed by atoms with van der Waals surface area (Å²) in [6.07, 6.45) is 1.84. The van der Waals surface area contributed by atoms with Gasteiger partial charge in [0.05, 0.1) is 11.0 Å². The summed E-state index contributed by atoms with van der Waals surface area (Å²) >= 11 is 1.70. The molecule has 1 saturated heterocycles. The maximum Gasteiger partial charge on any atom is 0.141 e. The van der Waals surface area contributed by atoms with Crippen molar-refractivity contribution in [3.8, 4) is 0 Å². The highest BCUT2D eigenvalue weighted by atomic mass is 32.1. The van der Waals surface area contributed by atoms with Crippen LogP contribution >= 0.6 is 11.3 Å². The van der Waals surface area contributed by atoms with Gasteiger partial charge in [-0.1, -0.05) is 20.8 Å². The van der Waals surface area contributed by atoms with Crippen LogP contribution < -0.4 is 4.90 Å². The van der Waals surface area contributed by atoms with E-state index in [-0.39, 0.29) is 0 Å². The van der Waals surface area contributed by atoms with E-state index in [9.17, 15) is 5.11 Å². The van der Waals surface area contributed by atoms with E-state index < -0.39 is 5.60 Å². The van der Waals surface area contributed by atoms with Gasteiger partial charge in [-0.3, -0.25) is 0 Å². The van der Waals surface area contributed by atoms with E-state index in [0.717, 1.165) is 29.3 Å². The van der Waals surface area contributed by atoms with Gasteiger partial charge in [0.15, 0.2) is 0 Å². The summed E-state index contributed by atoms with van der Waals surface area (Å²) in [6.45, 7) is 9.79. The average molecular weight is 305 g/mol. The summed E-state index contributed by atoms with van der Waals surface area (Å²) in [6, 6.07) is 0. The van der Waals surface area contributed by atoms with Crippen molar-refractivity contribution in [2.24, 2.45) is 5.92 Å². The second-order valence-corrected chi connectivity index (χ2v) is 7.43. The lowest BCUT2D eigenvalue weighted by molar-refractivity contribution is 0.00821. The fourth-order valence-electron chi connectivity index (χ4n) is 2.94. The molecule has 5 heteroatoms. The third-order valence-corrected chi connectivity index (χ3v) is 5.08. The van der Waals surface area contributed by atoms with Gasteiger partial charge in [-0.05, 0) is 36.6 Å². The van der Waals surface area contributed by atoms with Gasteiger partial charge in [0, 0.05) is 13.1 Å². The Bertz CT molecular complexity index is 659. The predicted octanol–water partition coefficient (Wildman–Crippen LogP) is 3.16. The number of rotatable bonds is 4. The molecule has 1 N–H and O–H groups in total. The zero-order chi connectivity index (χ0) is 15.2. The van der Waals surface area contributed by atoms with Crippen molar-refractivity contribution >= 4 is 27.4 Å². The largest absolute Gasteiger partial charge is 0.386 e. The minimum atomic E-state index is -0.542. The van der Waals surface area contributed by atoms with Crippen LogP contribution in [0, 0.1) is 12.8 Å². The summed E-state index contributed by atoms with van der Waals surface area (Å²) in [5.74, 6) is 2.43. The number of anilines is 1. The van der Waals surface area contributed by atoms with Crippen molar-refractivity contribution in [1.29, 1.82) is 0 Å². The standard InChI is InChI=1S/C16H23N3OS/c1-5-16(20)8-19(9-16)14-13-12(6-10(2)3)7-21-15(13)18-11(4)17-14/h7,10,20H,5-6,8-9H2,1-4H3. The zero-order valence-corrected chi connectivity index (χ0v) is 14.0. The lowest BCUT2D eigenvalue weighted by atomic mass is 9.91. The van der Waals surface area contributed by atoms with Crippen LogP contribution in [0.5, 0.6) is 0 Å². The monoisotopic (exact) mass is 305 g/mol. The molecular formula is C16H23N3OS. The summed E-state index contributed by atoms with van der Waals surface area (Å²) in [7, 11) is 0. The second kappa shape index (κ2) is 5.21. The molecule has 1 fully saturated rings. The molecule has 114 valence electrons. The summed E-state index contributed by atoms with van der Waals surface area (Å²) < 4.78 is 0. The minimum absolute atomic E-state index is 0.542. The van der Waals surface area contributed by atoms with Gasteiger partial charge in [-0.25, -0.2) is 9.97 Å². The number of aliphatic hydroxyl groups is 1. The normalized spacial score (nSPS) is 17.5. The second-order valence-electron chi connectivity index (χ2n) is 6.57. The molecule has 21 heavy (non-hydrogen) atoms. The van der Waals surface area contributed by atoms with Crippen molar-refractivity contribution in [2.45, 2.75) is 46.1 Å². The van der Waals surface area contributed by atoms with Gasteiger partial charge in [0.2, 0.25) is 0 Å². The summed E-state index contributed by atoms with van der Waals surface area (Å²) in [4.78, 5) is 12.5. The Morgan fingerprint density at radius 2 is 2.10 bits per heavy atom. The fraction of sp³-hybridized carbons (Fsp3) is 0.625. The van der Waals surface area contributed by atoms with Crippen molar-refractivity contribution < 1.29 is 5.11 Å². The fourth-order valence-corrected chi connectivity index (χ4v) is 3.93. The molecule has 0 spiro atoms. The first-order valence-corrected chi connectivity index (χ1v) is 8.52. The molecule has 0 atom stereocenters. The van der Waals surface area contributed by atoms with Gasteiger partial charge in [-0.15, -0.1) is 11.3 Å². The molecule has 0 unspecified atom stereocenters. The van der Waals surface area contributed by atoms with Gasteiger partial charge in [-0.2, -0.15) is 0 Å². The molecule has 1 aliphatic heterocycles. The number of thiophene rings is 1. The quantitative estimate of drug-likeness (QED) is 0.942. The third-order valence-electron chi connectivity index (χ3n) is 4.16. The van der Waals surface area contributed by atoms with Gasteiger partial charge < -0.3 is 10.0 Å². The molecule has 0 aliphatic carbocycles. The number of β-amino-alcohol motifs (C(OH)–C–C–N with tert-alkyl or cyclic N) is 1. The third kappa shape index (κ3) is 2.64. The molecule has 0 bridgehead atoms. The van der Waals surface area contributed by atoms with Gasteiger partial charge >= 0.3 is 0 Å².